The minimum atomic E-state index is -4.31. The number of aromatic nitrogens is 2. The smallest absolute Gasteiger partial charge is 0.371 e. The van der Waals surface area contributed by atoms with Crippen molar-refractivity contribution in [2.45, 2.75) is 19.0 Å². The third kappa shape index (κ3) is 4.62. The van der Waals surface area contributed by atoms with Gasteiger partial charge in [0, 0.05) is 42.8 Å². The van der Waals surface area contributed by atoms with Gasteiger partial charge in [0.25, 0.3) is 0 Å². The second kappa shape index (κ2) is 8.18. The first-order valence-corrected chi connectivity index (χ1v) is 9.65. The van der Waals surface area contributed by atoms with E-state index in [4.69, 9.17) is 0 Å². The molecule has 1 N–H and O–H groups in total. The van der Waals surface area contributed by atoms with Gasteiger partial charge in [0.1, 0.15) is 0 Å². The number of alkyl halides is 3. The Morgan fingerprint density at radius 1 is 0.967 bits per heavy atom. The molecule has 4 nitrogen and oxygen atoms in total. The SMILES string of the molecule is O=c1ccc(-c2ccc(C=C3CCN(c4ccc(C(F)(F)F)cc4)CC3)cn2)c[nH]1. The zero-order valence-electron chi connectivity index (χ0n) is 16.1. The molecule has 1 aliphatic rings. The number of benzene rings is 1. The number of halogens is 3. The molecular formula is C23H20F3N3O. The Morgan fingerprint density at radius 3 is 2.27 bits per heavy atom. The molecule has 0 unspecified atom stereocenters. The molecule has 154 valence electrons. The summed E-state index contributed by atoms with van der Waals surface area (Å²) in [5.74, 6) is 0. The molecule has 1 aliphatic heterocycles. The molecular weight excluding hydrogens is 391 g/mol. The normalized spacial score (nSPS) is 14.6. The van der Waals surface area contributed by atoms with Crippen molar-refractivity contribution in [3.8, 4) is 11.3 Å². The molecule has 7 heteroatoms. The van der Waals surface area contributed by atoms with Crippen molar-refractivity contribution in [3.63, 3.8) is 0 Å². The average Bonchev–Trinajstić information content (AvgIpc) is 2.75. The van der Waals surface area contributed by atoms with Crippen LogP contribution in [-0.2, 0) is 6.18 Å². The quantitative estimate of drug-likeness (QED) is 0.649. The number of nitrogens with zero attached hydrogens (tertiary/aromatic N) is 2. The maximum atomic E-state index is 12.7. The van der Waals surface area contributed by atoms with Crippen LogP contribution in [0.2, 0.25) is 0 Å². The minimum absolute atomic E-state index is 0.150. The standard InChI is InChI=1S/C23H20F3N3O/c24-23(25,26)19-3-5-20(6-4-19)29-11-9-16(10-12-29)13-17-1-7-21(27-14-17)18-2-8-22(30)28-15-18/h1-8,13-15H,9-12H2,(H,28,30). The van der Waals surface area contributed by atoms with Gasteiger partial charge in [-0.1, -0.05) is 17.7 Å². The number of rotatable bonds is 3. The fourth-order valence-electron chi connectivity index (χ4n) is 3.52. The Bertz CT molecular complexity index is 1070. The molecule has 3 aromatic rings. The number of pyridine rings is 2. The number of aromatic amines is 1. The summed E-state index contributed by atoms with van der Waals surface area (Å²) in [5, 5.41) is 0. The van der Waals surface area contributed by atoms with Crippen LogP contribution in [0, 0.1) is 0 Å². The van der Waals surface area contributed by atoms with Crippen LogP contribution in [0.1, 0.15) is 24.0 Å². The van der Waals surface area contributed by atoms with Crippen molar-refractivity contribution in [2.24, 2.45) is 0 Å². The van der Waals surface area contributed by atoms with E-state index in [0.29, 0.717) is 0 Å². The number of hydrogen-bond donors (Lipinski definition) is 1. The Morgan fingerprint density at radius 2 is 1.70 bits per heavy atom. The van der Waals surface area contributed by atoms with Crippen LogP contribution in [0.25, 0.3) is 17.3 Å². The molecule has 0 bridgehead atoms. The molecule has 2 aromatic heterocycles. The Labute approximate surface area is 171 Å². The highest BCUT2D eigenvalue weighted by atomic mass is 19.4. The zero-order chi connectivity index (χ0) is 21.1. The lowest BCUT2D eigenvalue weighted by atomic mass is 10.0. The highest BCUT2D eigenvalue weighted by Gasteiger charge is 2.30. The van der Waals surface area contributed by atoms with Crippen molar-refractivity contribution in [1.29, 1.82) is 0 Å². The number of anilines is 1. The summed E-state index contributed by atoms with van der Waals surface area (Å²) in [5.41, 5.74) is 3.96. The summed E-state index contributed by atoms with van der Waals surface area (Å²) in [4.78, 5) is 20.4. The van der Waals surface area contributed by atoms with Crippen LogP contribution in [0.15, 0.2) is 71.3 Å². The first-order chi connectivity index (χ1) is 14.4. The summed E-state index contributed by atoms with van der Waals surface area (Å²) >= 11 is 0. The van der Waals surface area contributed by atoms with Crippen molar-refractivity contribution >= 4 is 11.8 Å². The van der Waals surface area contributed by atoms with Gasteiger partial charge in [-0.3, -0.25) is 9.78 Å². The fraction of sp³-hybridized carbons (Fsp3) is 0.217. The van der Waals surface area contributed by atoms with Crippen molar-refractivity contribution in [1.82, 2.24) is 9.97 Å². The van der Waals surface area contributed by atoms with Crippen molar-refractivity contribution < 1.29 is 13.2 Å². The lowest BCUT2D eigenvalue weighted by molar-refractivity contribution is -0.137. The second-order valence-electron chi connectivity index (χ2n) is 7.25. The predicted molar refractivity (Wildman–Crippen MR) is 111 cm³/mol. The van der Waals surface area contributed by atoms with E-state index in [0.717, 1.165) is 60.6 Å². The summed E-state index contributed by atoms with van der Waals surface area (Å²) in [7, 11) is 0. The van der Waals surface area contributed by atoms with Crippen LogP contribution in [0.3, 0.4) is 0 Å². The largest absolute Gasteiger partial charge is 0.416 e. The van der Waals surface area contributed by atoms with Crippen molar-refractivity contribution in [3.05, 3.63) is 88.0 Å². The first kappa shape index (κ1) is 19.9. The molecule has 30 heavy (non-hydrogen) atoms. The number of H-pyrrole nitrogens is 1. The summed E-state index contributed by atoms with van der Waals surface area (Å²) < 4.78 is 38.2. The van der Waals surface area contributed by atoms with Gasteiger partial charge in [-0.2, -0.15) is 13.2 Å². The van der Waals surface area contributed by atoms with Gasteiger partial charge in [0.05, 0.1) is 11.3 Å². The van der Waals surface area contributed by atoms with Crippen LogP contribution >= 0.6 is 0 Å². The molecule has 0 saturated carbocycles. The number of hydrogen-bond acceptors (Lipinski definition) is 3. The van der Waals surface area contributed by atoms with E-state index in [1.54, 1.807) is 18.5 Å². The summed E-state index contributed by atoms with van der Waals surface area (Å²) in [6.07, 6.45) is 2.95. The van der Waals surface area contributed by atoms with Gasteiger partial charge in [-0.25, -0.2) is 0 Å². The Kier molecular flexibility index (Phi) is 5.44. The van der Waals surface area contributed by atoms with E-state index in [-0.39, 0.29) is 5.56 Å². The van der Waals surface area contributed by atoms with Gasteiger partial charge >= 0.3 is 6.18 Å². The molecule has 1 aromatic carbocycles. The van der Waals surface area contributed by atoms with Gasteiger partial charge in [-0.15, -0.1) is 0 Å². The van der Waals surface area contributed by atoms with E-state index >= 15 is 0 Å². The molecule has 0 aliphatic carbocycles. The molecule has 0 amide bonds. The molecule has 0 radical (unpaired) electrons. The Balaban J connectivity index is 1.39. The van der Waals surface area contributed by atoms with Gasteiger partial charge < -0.3 is 9.88 Å². The highest BCUT2D eigenvalue weighted by Crippen LogP contribution is 2.31. The van der Waals surface area contributed by atoms with E-state index < -0.39 is 11.7 Å². The molecule has 4 rings (SSSR count). The lowest BCUT2D eigenvalue weighted by Crippen LogP contribution is -2.30. The zero-order valence-corrected chi connectivity index (χ0v) is 16.1. The van der Waals surface area contributed by atoms with Gasteiger partial charge in [-0.05, 0) is 54.8 Å². The topological polar surface area (TPSA) is 49.0 Å². The van der Waals surface area contributed by atoms with Crippen LogP contribution < -0.4 is 10.5 Å². The molecule has 1 saturated heterocycles. The van der Waals surface area contributed by atoms with E-state index in [2.05, 4.69) is 20.9 Å². The van der Waals surface area contributed by atoms with Gasteiger partial charge in [0.2, 0.25) is 5.56 Å². The third-order valence-electron chi connectivity index (χ3n) is 5.20. The number of nitrogens with one attached hydrogen (secondary N) is 1. The maximum Gasteiger partial charge on any atom is 0.416 e. The number of piperidine rings is 1. The fourth-order valence-corrected chi connectivity index (χ4v) is 3.52. The molecule has 0 spiro atoms. The monoisotopic (exact) mass is 411 g/mol. The minimum Gasteiger partial charge on any atom is -0.371 e. The third-order valence-corrected chi connectivity index (χ3v) is 5.20. The van der Waals surface area contributed by atoms with Crippen LogP contribution in [-0.4, -0.2) is 23.1 Å². The summed E-state index contributed by atoms with van der Waals surface area (Å²) in [6.45, 7) is 1.53. The van der Waals surface area contributed by atoms with Crippen LogP contribution in [0.5, 0.6) is 0 Å². The molecule has 1 fully saturated rings. The lowest BCUT2D eigenvalue weighted by Gasteiger charge is -2.30. The van der Waals surface area contributed by atoms with E-state index in [1.165, 1.54) is 23.8 Å². The van der Waals surface area contributed by atoms with Crippen molar-refractivity contribution in [2.75, 3.05) is 18.0 Å². The van der Waals surface area contributed by atoms with E-state index in [1.807, 2.05) is 12.1 Å². The van der Waals surface area contributed by atoms with E-state index in [9.17, 15) is 18.0 Å². The van der Waals surface area contributed by atoms with Crippen LogP contribution in [0.4, 0.5) is 18.9 Å². The second-order valence-corrected chi connectivity index (χ2v) is 7.25. The predicted octanol–water partition coefficient (Wildman–Crippen LogP) is 5.14. The highest BCUT2D eigenvalue weighted by molar-refractivity contribution is 5.61. The summed E-state index contributed by atoms with van der Waals surface area (Å²) in [6, 6.07) is 12.5. The van der Waals surface area contributed by atoms with Gasteiger partial charge in [0.15, 0.2) is 0 Å². The molecule has 0 atom stereocenters. The maximum absolute atomic E-state index is 12.7. The average molecular weight is 411 g/mol. The molecule has 3 heterocycles. The Hall–Kier alpha value is -3.35. The first-order valence-electron chi connectivity index (χ1n) is 9.65.